The van der Waals surface area contributed by atoms with E-state index in [4.69, 9.17) is 9.52 Å². The van der Waals surface area contributed by atoms with Gasteiger partial charge >= 0.3 is 5.97 Å². The van der Waals surface area contributed by atoms with Crippen LogP contribution in [0.25, 0.3) is 11.0 Å². The van der Waals surface area contributed by atoms with Gasteiger partial charge in [0.25, 0.3) is 0 Å². The van der Waals surface area contributed by atoms with Crippen LogP contribution >= 0.6 is 0 Å². The average Bonchev–Trinajstić information content (AvgIpc) is 2.46. The molecule has 0 aliphatic heterocycles. The third-order valence-corrected chi connectivity index (χ3v) is 1.58. The Balaban J connectivity index is 2.68. The normalized spacial score (nSPS) is 10.5. The fraction of sp³-hybridized carbons (Fsp3) is 0. The Bertz CT molecular complexity index is 477. The third-order valence-electron chi connectivity index (χ3n) is 1.58. The van der Waals surface area contributed by atoms with Gasteiger partial charge in [-0.25, -0.2) is 9.78 Å². The average molecular weight is 181 g/mol. The molecular formula is C8H4FNO3. The van der Waals surface area contributed by atoms with Crippen molar-refractivity contribution in [2.75, 3.05) is 0 Å². The first-order chi connectivity index (χ1) is 6.16. The lowest BCUT2D eigenvalue weighted by Gasteiger charge is -1.85. The Kier molecular flexibility index (Phi) is 1.51. The Morgan fingerprint density at radius 1 is 1.54 bits per heavy atom. The molecule has 0 bridgehead atoms. The zero-order valence-corrected chi connectivity index (χ0v) is 6.32. The standard InChI is InChI=1S/C8H4FNO3/c9-7-2-4-1-5(8(11)12)13-6(4)3-10-7/h1-3H,(H,11,12). The van der Waals surface area contributed by atoms with Crippen LogP contribution in [-0.4, -0.2) is 16.1 Å². The third kappa shape index (κ3) is 1.24. The molecule has 0 aromatic carbocycles. The first-order valence-electron chi connectivity index (χ1n) is 3.45. The van der Waals surface area contributed by atoms with Gasteiger partial charge < -0.3 is 9.52 Å². The van der Waals surface area contributed by atoms with Gasteiger partial charge in [0.2, 0.25) is 11.7 Å². The maximum Gasteiger partial charge on any atom is 0.371 e. The smallest absolute Gasteiger partial charge is 0.371 e. The maximum absolute atomic E-state index is 12.5. The number of hydrogen-bond acceptors (Lipinski definition) is 3. The summed E-state index contributed by atoms with van der Waals surface area (Å²) in [5.41, 5.74) is 0.263. The highest BCUT2D eigenvalue weighted by molar-refractivity contribution is 5.90. The van der Waals surface area contributed by atoms with Crippen molar-refractivity contribution < 1.29 is 18.7 Å². The fourth-order valence-corrected chi connectivity index (χ4v) is 1.02. The van der Waals surface area contributed by atoms with Crippen molar-refractivity contribution in [2.45, 2.75) is 0 Å². The second-order valence-corrected chi connectivity index (χ2v) is 2.46. The van der Waals surface area contributed by atoms with Crippen molar-refractivity contribution in [1.82, 2.24) is 4.98 Å². The zero-order chi connectivity index (χ0) is 9.42. The van der Waals surface area contributed by atoms with E-state index in [2.05, 4.69) is 4.98 Å². The van der Waals surface area contributed by atoms with Crippen molar-refractivity contribution in [3.05, 3.63) is 30.0 Å². The van der Waals surface area contributed by atoms with Crippen molar-refractivity contribution in [2.24, 2.45) is 0 Å². The number of fused-ring (bicyclic) bond motifs is 1. The van der Waals surface area contributed by atoms with Crippen LogP contribution in [0.2, 0.25) is 0 Å². The van der Waals surface area contributed by atoms with E-state index in [1.807, 2.05) is 0 Å². The molecule has 2 heterocycles. The van der Waals surface area contributed by atoms with Gasteiger partial charge in [0, 0.05) is 11.5 Å². The number of halogens is 1. The fourth-order valence-electron chi connectivity index (χ4n) is 1.02. The van der Waals surface area contributed by atoms with E-state index >= 15 is 0 Å². The molecule has 0 saturated heterocycles. The summed E-state index contributed by atoms with van der Waals surface area (Å²) in [6, 6.07) is 2.37. The van der Waals surface area contributed by atoms with Crippen LogP contribution < -0.4 is 0 Å². The number of aromatic carboxylic acids is 1. The van der Waals surface area contributed by atoms with Crippen LogP contribution in [0.5, 0.6) is 0 Å². The number of rotatable bonds is 1. The predicted octanol–water partition coefficient (Wildman–Crippen LogP) is 1.67. The molecule has 66 valence electrons. The largest absolute Gasteiger partial charge is 0.475 e. The SMILES string of the molecule is O=C(O)c1cc2cc(F)ncc2o1. The van der Waals surface area contributed by atoms with Gasteiger partial charge in [-0.15, -0.1) is 0 Å². The summed E-state index contributed by atoms with van der Waals surface area (Å²) < 4.78 is 17.4. The molecule has 1 N–H and O–H groups in total. The monoisotopic (exact) mass is 181 g/mol. The van der Waals surface area contributed by atoms with Gasteiger partial charge in [-0.2, -0.15) is 4.39 Å². The lowest BCUT2D eigenvalue weighted by Crippen LogP contribution is -1.91. The highest BCUT2D eigenvalue weighted by Gasteiger charge is 2.10. The molecule has 2 rings (SSSR count). The quantitative estimate of drug-likeness (QED) is 0.679. The van der Waals surface area contributed by atoms with Crippen LogP contribution in [0, 0.1) is 5.95 Å². The van der Waals surface area contributed by atoms with E-state index in [0.29, 0.717) is 5.39 Å². The molecule has 0 unspecified atom stereocenters. The summed E-state index contributed by atoms with van der Waals surface area (Å²) >= 11 is 0. The second-order valence-electron chi connectivity index (χ2n) is 2.46. The first kappa shape index (κ1) is 7.72. The Labute approximate surface area is 71.6 Å². The molecule has 5 heteroatoms. The van der Waals surface area contributed by atoms with Crippen molar-refractivity contribution in [3.8, 4) is 0 Å². The molecule has 2 aromatic heterocycles. The summed E-state index contributed by atoms with van der Waals surface area (Å²) in [7, 11) is 0. The van der Waals surface area contributed by atoms with Gasteiger partial charge in [0.15, 0.2) is 5.58 Å². The van der Waals surface area contributed by atoms with E-state index in [-0.39, 0.29) is 11.3 Å². The number of hydrogen-bond donors (Lipinski definition) is 1. The minimum Gasteiger partial charge on any atom is -0.475 e. The molecule has 13 heavy (non-hydrogen) atoms. The number of furan rings is 1. The highest BCUT2D eigenvalue weighted by Crippen LogP contribution is 2.18. The van der Waals surface area contributed by atoms with E-state index in [9.17, 15) is 9.18 Å². The van der Waals surface area contributed by atoms with Crippen molar-refractivity contribution >= 4 is 16.9 Å². The second kappa shape index (κ2) is 2.55. The van der Waals surface area contributed by atoms with Crippen LogP contribution in [0.3, 0.4) is 0 Å². The minimum absolute atomic E-state index is 0.220. The van der Waals surface area contributed by atoms with Crippen LogP contribution in [0.4, 0.5) is 4.39 Å². The molecule has 0 radical (unpaired) electrons. The molecule has 2 aromatic rings. The molecule has 0 amide bonds. The predicted molar refractivity (Wildman–Crippen MR) is 40.9 cm³/mol. The van der Waals surface area contributed by atoms with E-state index < -0.39 is 11.9 Å². The van der Waals surface area contributed by atoms with Crippen LogP contribution in [-0.2, 0) is 0 Å². The minimum atomic E-state index is -1.18. The molecule has 0 atom stereocenters. The van der Waals surface area contributed by atoms with E-state index in [0.717, 1.165) is 12.3 Å². The summed E-state index contributed by atoms with van der Waals surface area (Å²) in [6.07, 6.45) is 1.15. The number of pyridine rings is 1. The summed E-state index contributed by atoms with van der Waals surface area (Å²) in [5.74, 6) is -2.07. The molecular weight excluding hydrogens is 177 g/mol. The summed E-state index contributed by atoms with van der Waals surface area (Å²) in [4.78, 5) is 13.8. The highest BCUT2D eigenvalue weighted by atomic mass is 19.1. The molecule has 4 nitrogen and oxygen atoms in total. The number of carboxylic acids is 1. The van der Waals surface area contributed by atoms with E-state index in [1.165, 1.54) is 6.07 Å². The topological polar surface area (TPSA) is 63.3 Å². The Hall–Kier alpha value is -1.91. The summed E-state index contributed by atoms with van der Waals surface area (Å²) in [5, 5.41) is 8.94. The van der Waals surface area contributed by atoms with E-state index in [1.54, 1.807) is 0 Å². The maximum atomic E-state index is 12.5. The van der Waals surface area contributed by atoms with Gasteiger partial charge in [-0.3, -0.25) is 0 Å². The van der Waals surface area contributed by atoms with Gasteiger partial charge in [-0.1, -0.05) is 0 Å². The van der Waals surface area contributed by atoms with Gasteiger partial charge in [0.1, 0.15) is 0 Å². The molecule has 0 aliphatic rings. The van der Waals surface area contributed by atoms with Gasteiger partial charge in [0.05, 0.1) is 6.20 Å². The number of carbonyl (C=O) groups is 1. The van der Waals surface area contributed by atoms with Gasteiger partial charge in [-0.05, 0) is 6.07 Å². The lowest BCUT2D eigenvalue weighted by molar-refractivity contribution is 0.0665. The number of nitrogens with zero attached hydrogens (tertiary/aromatic N) is 1. The van der Waals surface area contributed by atoms with Crippen molar-refractivity contribution in [1.29, 1.82) is 0 Å². The number of carboxylic acid groups (broad SMARTS) is 1. The zero-order valence-electron chi connectivity index (χ0n) is 6.32. The Morgan fingerprint density at radius 2 is 2.31 bits per heavy atom. The van der Waals surface area contributed by atoms with Crippen LogP contribution in [0.15, 0.2) is 22.7 Å². The molecule has 0 fully saturated rings. The first-order valence-corrected chi connectivity index (χ1v) is 3.45. The summed E-state index contributed by atoms with van der Waals surface area (Å²) in [6.45, 7) is 0. The van der Waals surface area contributed by atoms with Crippen molar-refractivity contribution in [3.63, 3.8) is 0 Å². The number of aromatic nitrogens is 1. The lowest BCUT2D eigenvalue weighted by atomic mass is 10.3. The molecule has 0 spiro atoms. The molecule has 0 saturated carbocycles. The Morgan fingerprint density at radius 3 is 3.00 bits per heavy atom. The van der Waals surface area contributed by atoms with Crippen LogP contribution in [0.1, 0.15) is 10.6 Å². The molecule has 0 aliphatic carbocycles.